The smallest absolute Gasteiger partial charge is 0.269 e. The first kappa shape index (κ1) is 13.9. The van der Waals surface area contributed by atoms with Crippen molar-refractivity contribution in [2.75, 3.05) is 10.6 Å². The molecule has 2 N–H and O–H groups in total. The molecule has 0 saturated carbocycles. The van der Waals surface area contributed by atoms with Gasteiger partial charge in [0.25, 0.3) is 5.69 Å². The molecule has 5 nitrogen and oxygen atoms in total. The zero-order chi connectivity index (χ0) is 14.5. The van der Waals surface area contributed by atoms with E-state index in [4.69, 9.17) is 12.2 Å². The molecular formula is C13H10FN3O2S. The highest BCUT2D eigenvalue weighted by molar-refractivity contribution is 7.80. The number of thiocarbonyl (C=S) groups is 1. The normalized spacial score (nSPS) is 9.85. The number of benzene rings is 2. The van der Waals surface area contributed by atoms with E-state index >= 15 is 0 Å². The van der Waals surface area contributed by atoms with Crippen LogP contribution in [0.15, 0.2) is 48.5 Å². The molecule has 2 aromatic rings. The van der Waals surface area contributed by atoms with Crippen LogP contribution in [0.1, 0.15) is 0 Å². The van der Waals surface area contributed by atoms with E-state index in [1.54, 1.807) is 24.3 Å². The number of hydrogen-bond donors (Lipinski definition) is 2. The fourth-order valence-corrected chi connectivity index (χ4v) is 1.73. The molecule has 20 heavy (non-hydrogen) atoms. The van der Waals surface area contributed by atoms with Gasteiger partial charge in [-0.05, 0) is 48.6 Å². The molecule has 0 atom stereocenters. The minimum absolute atomic E-state index is 0.00737. The molecule has 0 aliphatic heterocycles. The molecule has 0 unspecified atom stereocenters. The minimum atomic E-state index is -0.473. The summed E-state index contributed by atoms with van der Waals surface area (Å²) >= 11 is 5.09. The van der Waals surface area contributed by atoms with Crippen LogP contribution in [0.5, 0.6) is 0 Å². The lowest BCUT2D eigenvalue weighted by Gasteiger charge is -2.10. The Morgan fingerprint density at radius 1 is 1.00 bits per heavy atom. The molecule has 2 rings (SSSR count). The van der Waals surface area contributed by atoms with Crippen LogP contribution in [0, 0.1) is 15.9 Å². The summed E-state index contributed by atoms with van der Waals surface area (Å²) < 4.78 is 12.7. The van der Waals surface area contributed by atoms with Crippen molar-refractivity contribution in [1.29, 1.82) is 0 Å². The Kier molecular flexibility index (Phi) is 4.21. The minimum Gasteiger partial charge on any atom is -0.332 e. The van der Waals surface area contributed by atoms with E-state index in [-0.39, 0.29) is 11.5 Å². The number of halogens is 1. The van der Waals surface area contributed by atoms with Crippen molar-refractivity contribution in [3.05, 3.63) is 64.5 Å². The van der Waals surface area contributed by atoms with Gasteiger partial charge in [0.05, 0.1) is 4.92 Å². The Balaban J connectivity index is 1.97. The Hall–Kier alpha value is -2.54. The number of rotatable bonds is 3. The third-order valence-corrected chi connectivity index (χ3v) is 2.64. The lowest BCUT2D eigenvalue weighted by Crippen LogP contribution is -2.18. The average Bonchev–Trinajstić information content (AvgIpc) is 2.42. The van der Waals surface area contributed by atoms with Gasteiger partial charge in [0.2, 0.25) is 0 Å². The highest BCUT2D eigenvalue weighted by Crippen LogP contribution is 2.16. The second-order valence-corrected chi connectivity index (χ2v) is 4.30. The van der Waals surface area contributed by atoms with Crippen LogP contribution >= 0.6 is 12.2 Å². The number of nitrogens with one attached hydrogen (secondary N) is 2. The van der Waals surface area contributed by atoms with E-state index in [0.29, 0.717) is 16.5 Å². The SMILES string of the molecule is O=[N+]([O-])c1ccc(NC(=S)Nc2ccc(F)cc2)cc1. The van der Waals surface area contributed by atoms with Gasteiger partial charge in [0.15, 0.2) is 5.11 Å². The summed E-state index contributed by atoms with van der Waals surface area (Å²) in [4.78, 5) is 10.0. The molecule has 0 aliphatic carbocycles. The first-order chi connectivity index (χ1) is 9.54. The van der Waals surface area contributed by atoms with Crippen molar-refractivity contribution in [2.45, 2.75) is 0 Å². The lowest BCUT2D eigenvalue weighted by molar-refractivity contribution is -0.384. The summed E-state index contributed by atoms with van der Waals surface area (Å²) in [7, 11) is 0. The first-order valence-corrected chi connectivity index (χ1v) is 6.03. The van der Waals surface area contributed by atoms with Gasteiger partial charge in [-0.1, -0.05) is 0 Å². The third kappa shape index (κ3) is 3.72. The fourth-order valence-electron chi connectivity index (χ4n) is 1.49. The van der Waals surface area contributed by atoms with Gasteiger partial charge in [-0.15, -0.1) is 0 Å². The summed E-state index contributed by atoms with van der Waals surface area (Å²) in [5.74, 6) is -0.329. The number of anilines is 2. The number of nitro benzene ring substituents is 1. The molecule has 0 radical (unpaired) electrons. The molecule has 0 saturated heterocycles. The molecule has 0 spiro atoms. The zero-order valence-corrected chi connectivity index (χ0v) is 11.0. The van der Waals surface area contributed by atoms with Gasteiger partial charge in [-0.2, -0.15) is 0 Å². The first-order valence-electron chi connectivity index (χ1n) is 5.62. The highest BCUT2D eigenvalue weighted by atomic mass is 32.1. The lowest BCUT2D eigenvalue weighted by atomic mass is 10.3. The van der Waals surface area contributed by atoms with Gasteiger partial charge in [-0.25, -0.2) is 4.39 Å². The van der Waals surface area contributed by atoms with E-state index in [1.165, 1.54) is 24.3 Å². The molecule has 2 aromatic carbocycles. The molecule has 0 heterocycles. The zero-order valence-electron chi connectivity index (χ0n) is 10.2. The molecule has 0 aromatic heterocycles. The van der Waals surface area contributed by atoms with Gasteiger partial charge < -0.3 is 10.6 Å². The summed E-state index contributed by atoms with van der Waals surface area (Å²) in [6, 6.07) is 11.6. The van der Waals surface area contributed by atoms with E-state index in [2.05, 4.69) is 10.6 Å². The largest absolute Gasteiger partial charge is 0.332 e. The molecule has 0 fully saturated rings. The van der Waals surface area contributed by atoms with Crippen LogP contribution in [0.25, 0.3) is 0 Å². The highest BCUT2D eigenvalue weighted by Gasteiger charge is 2.05. The number of non-ortho nitro benzene ring substituents is 1. The Bertz CT molecular complexity index is 629. The fraction of sp³-hybridized carbons (Fsp3) is 0. The Morgan fingerprint density at radius 3 is 1.90 bits per heavy atom. The van der Waals surface area contributed by atoms with E-state index in [0.717, 1.165) is 0 Å². The monoisotopic (exact) mass is 291 g/mol. The summed E-state index contributed by atoms with van der Waals surface area (Å²) in [6.07, 6.45) is 0. The van der Waals surface area contributed by atoms with Gasteiger partial charge in [-0.3, -0.25) is 10.1 Å². The standard InChI is InChI=1S/C13H10FN3O2S/c14-9-1-3-10(4-2-9)15-13(20)16-11-5-7-12(8-6-11)17(18)19/h1-8H,(H2,15,16,20). The number of nitrogens with zero attached hydrogens (tertiary/aromatic N) is 1. The third-order valence-electron chi connectivity index (χ3n) is 2.44. The second-order valence-electron chi connectivity index (χ2n) is 3.89. The van der Waals surface area contributed by atoms with E-state index in [1.807, 2.05) is 0 Å². The van der Waals surface area contributed by atoms with Crippen molar-refractivity contribution in [3.63, 3.8) is 0 Å². The second kappa shape index (κ2) is 6.07. The quantitative estimate of drug-likeness (QED) is 0.514. The van der Waals surface area contributed by atoms with Crippen molar-refractivity contribution >= 4 is 34.4 Å². The maximum atomic E-state index is 12.7. The summed E-state index contributed by atoms with van der Waals surface area (Å²) in [5, 5.41) is 16.6. The maximum absolute atomic E-state index is 12.7. The predicted molar refractivity (Wildman–Crippen MR) is 79.3 cm³/mol. The molecule has 0 bridgehead atoms. The Labute approximate surface area is 119 Å². The summed E-state index contributed by atoms with van der Waals surface area (Å²) in [6.45, 7) is 0. The van der Waals surface area contributed by atoms with Crippen LogP contribution < -0.4 is 10.6 Å². The molecule has 7 heteroatoms. The van der Waals surface area contributed by atoms with Crippen LogP contribution in [0.4, 0.5) is 21.5 Å². The topological polar surface area (TPSA) is 67.2 Å². The molecule has 0 amide bonds. The molecule has 102 valence electrons. The van der Waals surface area contributed by atoms with Crippen molar-refractivity contribution in [1.82, 2.24) is 0 Å². The van der Waals surface area contributed by atoms with E-state index in [9.17, 15) is 14.5 Å². The summed E-state index contributed by atoms with van der Waals surface area (Å²) in [5.41, 5.74) is 1.27. The number of nitro groups is 1. The van der Waals surface area contributed by atoms with E-state index < -0.39 is 4.92 Å². The van der Waals surface area contributed by atoms with Crippen LogP contribution in [0.3, 0.4) is 0 Å². The maximum Gasteiger partial charge on any atom is 0.269 e. The van der Waals surface area contributed by atoms with Crippen molar-refractivity contribution in [2.24, 2.45) is 0 Å². The number of hydrogen-bond acceptors (Lipinski definition) is 3. The van der Waals surface area contributed by atoms with Gasteiger partial charge in [0, 0.05) is 23.5 Å². The van der Waals surface area contributed by atoms with Crippen molar-refractivity contribution in [3.8, 4) is 0 Å². The molecular weight excluding hydrogens is 281 g/mol. The predicted octanol–water partition coefficient (Wildman–Crippen LogP) is 3.54. The van der Waals surface area contributed by atoms with Crippen LogP contribution in [-0.4, -0.2) is 10.0 Å². The van der Waals surface area contributed by atoms with Gasteiger partial charge >= 0.3 is 0 Å². The van der Waals surface area contributed by atoms with Gasteiger partial charge in [0.1, 0.15) is 5.82 Å². The molecule has 0 aliphatic rings. The average molecular weight is 291 g/mol. The van der Waals surface area contributed by atoms with Crippen molar-refractivity contribution < 1.29 is 9.31 Å². The Morgan fingerprint density at radius 2 is 1.45 bits per heavy atom. The van der Waals surface area contributed by atoms with Crippen LogP contribution in [0.2, 0.25) is 0 Å². The van der Waals surface area contributed by atoms with Crippen LogP contribution in [-0.2, 0) is 0 Å².